The third kappa shape index (κ3) is 3.47. The van der Waals surface area contributed by atoms with E-state index >= 15 is 0 Å². The van der Waals surface area contributed by atoms with E-state index in [0.29, 0.717) is 6.42 Å². The summed E-state index contributed by atoms with van der Waals surface area (Å²) >= 11 is 0. The monoisotopic (exact) mass is 256 g/mol. The molecule has 1 aromatic heterocycles. The number of aryl methyl sites for hydroxylation is 2. The average Bonchev–Trinajstić information content (AvgIpc) is 2.68. The Bertz CT molecular complexity index is 557. The van der Waals surface area contributed by atoms with Crippen LogP contribution in [-0.4, -0.2) is 10.9 Å². The first-order chi connectivity index (χ1) is 9.06. The number of nitrogens with one attached hydrogen (secondary N) is 2. The number of carbonyl (C=O) groups excluding carboxylic acids is 1. The molecule has 1 heterocycles. The number of H-pyrrole nitrogens is 1. The van der Waals surface area contributed by atoms with Crippen LogP contribution in [0.5, 0.6) is 0 Å². The minimum Gasteiger partial charge on any atom is -0.362 e. The highest BCUT2D eigenvalue weighted by Gasteiger charge is 2.11. The number of benzene rings is 1. The van der Waals surface area contributed by atoms with Crippen LogP contribution in [0, 0.1) is 13.8 Å². The van der Waals surface area contributed by atoms with Crippen molar-refractivity contribution in [2.75, 3.05) is 0 Å². The van der Waals surface area contributed by atoms with Gasteiger partial charge in [0, 0.05) is 11.4 Å². The van der Waals surface area contributed by atoms with Gasteiger partial charge in [0.15, 0.2) is 0 Å². The van der Waals surface area contributed by atoms with Gasteiger partial charge in [0.05, 0.1) is 12.5 Å². The van der Waals surface area contributed by atoms with Crippen LogP contribution in [0.1, 0.15) is 35.5 Å². The molecule has 0 saturated heterocycles. The Kier molecular flexibility index (Phi) is 4.05. The number of hydrogen-bond donors (Lipinski definition) is 2. The van der Waals surface area contributed by atoms with Gasteiger partial charge in [-0.2, -0.15) is 0 Å². The van der Waals surface area contributed by atoms with Crippen LogP contribution < -0.4 is 5.32 Å². The summed E-state index contributed by atoms with van der Waals surface area (Å²) in [6.07, 6.45) is 0.424. The molecule has 0 radical (unpaired) electrons. The van der Waals surface area contributed by atoms with Gasteiger partial charge < -0.3 is 10.3 Å². The van der Waals surface area contributed by atoms with E-state index in [1.165, 1.54) is 0 Å². The third-order valence-electron chi connectivity index (χ3n) is 3.29. The number of aromatic nitrogens is 1. The van der Waals surface area contributed by atoms with Gasteiger partial charge in [-0.3, -0.25) is 4.79 Å². The highest BCUT2D eigenvalue weighted by Crippen LogP contribution is 2.13. The van der Waals surface area contributed by atoms with Gasteiger partial charge in [-0.15, -0.1) is 0 Å². The Morgan fingerprint density at radius 2 is 1.95 bits per heavy atom. The smallest absolute Gasteiger partial charge is 0.224 e. The lowest BCUT2D eigenvalue weighted by molar-refractivity contribution is -0.121. The molecule has 0 spiro atoms. The first-order valence-corrected chi connectivity index (χ1v) is 6.55. The fourth-order valence-corrected chi connectivity index (χ4v) is 2.26. The van der Waals surface area contributed by atoms with Crippen LogP contribution in [0.25, 0.3) is 0 Å². The summed E-state index contributed by atoms with van der Waals surface area (Å²) in [5.74, 6) is 0.0541. The molecule has 0 saturated carbocycles. The standard InChI is InChI=1S/C16H20N2O/c1-11-9-15(13(3)17-11)10-16(19)18-12(2)14-7-5-4-6-8-14/h4-9,12,17H,10H2,1-3H3,(H,18,19). The summed E-state index contributed by atoms with van der Waals surface area (Å²) in [6.45, 7) is 6.00. The van der Waals surface area contributed by atoms with Crippen LogP contribution in [0.2, 0.25) is 0 Å². The Balaban J connectivity index is 1.96. The maximum atomic E-state index is 12.0. The van der Waals surface area contributed by atoms with Crippen LogP contribution in [-0.2, 0) is 11.2 Å². The molecule has 1 unspecified atom stereocenters. The summed E-state index contributed by atoms with van der Waals surface area (Å²) < 4.78 is 0. The van der Waals surface area contributed by atoms with Crippen LogP contribution >= 0.6 is 0 Å². The van der Waals surface area contributed by atoms with Crippen LogP contribution in [0.15, 0.2) is 36.4 Å². The minimum atomic E-state index is 0.0362. The molecule has 0 aliphatic rings. The second-order valence-corrected chi connectivity index (χ2v) is 4.98. The largest absolute Gasteiger partial charge is 0.362 e. The predicted octanol–water partition coefficient (Wildman–Crippen LogP) is 3.05. The fraction of sp³-hybridized carbons (Fsp3) is 0.312. The van der Waals surface area contributed by atoms with E-state index < -0.39 is 0 Å². The van der Waals surface area contributed by atoms with Gasteiger partial charge in [-0.1, -0.05) is 30.3 Å². The highest BCUT2D eigenvalue weighted by atomic mass is 16.1. The summed E-state index contributed by atoms with van der Waals surface area (Å²) in [5, 5.41) is 3.03. The summed E-state index contributed by atoms with van der Waals surface area (Å²) in [7, 11) is 0. The van der Waals surface area contributed by atoms with Gasteiger partial charge in [-0.25, -0.2) is 0 Å². The Hall–Kier alpha value is -2.03. The average molecular weight is 256 g/mol. The second-order valence-electron chi connectivity index (χ2n) is 4.98. The van der Waals surface area contributed by atoms with Crippen molar-refractivity contribution >= 4 is 5.91 Å². The fourth-order valence-electron chi connectivity index (χ4n) is 2.26. The zero-order valence-corrected chi connectivity index (χ0v) is 11.7. The SMILES string of the molecule is Cc1cc(CC(=O)NC(C)c2ccccc2)c(C)[nH]1. The molecule has 0 aliphatic carbocycles. The van der Waals surface area contributed by atoms with Crippen molar-refractivity contribution in [3.05, 3.63) is 58.9 Å². The molecule has 2 aromatic rings. The summed E-state index contributed by atoms with van der Waals surface area (Å²) in [6, 6.07) is 12.1. The Morgan fingerprint density at radius 3 is 2.53 bits per heavy atom. The van der Waals surface area contributed by atoms with Gasteiger partial charge >= 0.3 is 0 Å². The zero-order chi connectivity index (χ0) is 13.8. The molecule has 0 aliphatic heterocycles. The van der Waals surface area contributed by atoms with E-state index in [9.17, 15) is 4.79 Å². The molecule has 19 heavy (non-hydrogen) atoms. The molecule has 2 N–H and O–H groups in total. The predicted molar refractivity (Wildman–Crippen MR) is 77.0 cm³/mol. The van der Waals surface area contributed by atoms with E-state index in [4.69, 9.17) is 0 Å². The van der Waals surface area contributed by atoms with E-state index in [-0.39, 0.29) is 11.9 Å². The lowest BCUT2D eigenvalue weighted by atomic mass is 10.1. The summed E-state index contributed by atoms with van der Waals surface area (Å²) in [5.41, 5.74) is 4.35. The first-order valence-electron chi connectivity index (χ1n) is 6.55. The number of carbonyl (C=O) groups is 1. The number of rotatable bonds is 4. The molecule has 2 rings (SSSR count). The van der Waals surface area contributed by atoms with Crippen LogP contribution in [0.3, 0.4) is 0 Å². The van der Waals surface area contributed by atoms with Gasteiger partial charge in [0.2, 0.25) is 5.91 Å². The maximum Gasteiger partial charge on any atom is 0.224 e. The molecule has 1 atom stereocenters. The molecule has 100 valence electrons. The van der Waals surface area contributed by atoms with Crippen molar-refractivity contribution in [1.29, 1.82) is 0 Å². The molecule has 1 amide bonds. The lowest BCUT2D eigenvalue weighted by Crippen LogP contribution is -2.28. The Labute approximate surface area is 114 Å². The van der Waals surface area contributed by atoms with Crippen molar-refractivity contribution in [1.82, 2.24) is 10.3 Å². The van der Waals surface area contributed by atoms with Crippen molar-refractivity contribution < 1.29 is 4.79 Å². The minimum absolute atomic E-state index is 0.0362. The third-order valence-corrected chi connectivity index (χ3v) is 3.29. The quantitative estimate of drug-likeness (QED) is 0.867. The van der Waals surface area contributed by atoms with E-state index in [1.807, 2.05) is 57.2 Å². The van der Waals surface area contributed by atoms with E-state index in [2.05, 4.69) is 10.3 Å². The number of amides is 1. The Morgan fingerprint density at radius 1 is 1.26 bits per heavy atom. The van der Waals surface area contributed by atoms with Crippen molar-refractivity contribution in [3.63, 3.8) is 0 Å². The molecular weight excluding hydrogens is 236 g/mol. The van der Waals surface area contributed by atoms with Gasteiger partial charge in [0.25, 0.3) is 0 Å². The van der Waals surface area contributed by atoms with Gasteiger partial charge in [-0.05, 0) is 38.0 Å². The van der Waals surface area contributed by atoms with E-state index in [0.717, 1.165) is 22.5 Å². The topological polar surface area (TPSA) is 44.9 Å². The molecular formula is C16H20N2O. The highest BCUT2D eigenvalue weighted by molar-refractivity contribution is 5.79. The van der Waals surface area contributed by atoms with Crippen molar-refractivity contribution in [2.24, 2.45) is 0 Å². The molecule has 3 heteroatoms. The van der Waals surface area contributed by atoms with Gasteiger partial charge in [0.1, 0.15) is 0 Å². The van der Waals surface area contributed by atoms with Crippen LogP contribution in [0.4, 0.5) is 0 Å². The van der Waals surface area contributed by atoms with E-state index in [1.54, 1.807) is 0 Å². The molecule has 0 bridgehead atoms. The normalized spacial score (nSPS) is 12.2. The molecule has 3 nitrogen and oxygen atoms in total. The first kappa shape index (κ1) is 13.4. The summed E-state index contributed by atoms with van der Waals surface area (Å²) in [4.78, 5) is 15.3. The second kappa shape index (κ2) is 5.74. The van der Waals surface area contributed by atoms with Crippen molar-refractivity contribution in [3.8, 4) is 0 Å². The number of aromatic amines is 1. The van der Waals surface area contributed by atoms with Crippen molar-refractivity contribution in [2.45, 2.75) is 33.2 Å². The molecule has 1 aromatic carbocycles. The zero-order valence-electron chi connectivity index (χ0n) is 11.7. The molecule has 0 fully saturated rings. The lowest BCUT2D eigenvalue weighted by Gasteiger charge is -2.14. The maximum absolute atomic E-state index is 12.0. The number of hydrogen-bond acceptors (Lipinski definition) is 1.